The highest BCUT2D eigenvalue weighted by Gasteiger charge is 2.39. The Labute approximate surface area is 224 Å². The third-order valence-corrected chi connectivity index (χ3v) is 5.89. The van der Waals surface area contributed by atoms with Crippen molar-refractivity contribution in [2.45, 2.75) is 19.0 Å². The van der Waals surface area contributed by atoms with Gasteiger partial charge >= 0.3 is 12.4 Å². The summed E-state index contributed by atoms with van der Waals surface area (Å²) in [6.45, 7) is -0.187. The molecule has 0 aliphatic rings. The number of halogens is 6. The maximum absolute atomic E-state index is 13.5. The lowest BCUT2D eigenvalue weighted by Gasteiger charge is -2.17. The Bertz CT molecular complexity index is 1510. The van der Waals surface area contributed by atoms with Crippen molar-refractivity contribution in [2.75, 3.05) is 30.5 Å². The maximum Gasteiger partial charge on any atom is 0.417 e. The van der Waals surface area contributed by atoms with Gasteiger partial charge in [0.15, 0.2) is 0 Å². The molecular weight excluding hydrogens is 570 g/mol. The van der Waals surface area contributed by atoms with Gasteiger partial charge in [-0.15, -0.1) is 0 Å². The lowest BCUT2D eigenvalue weighted by Crippen LogP contribution is -2.20. The molecule has 3 aromatic rings. The van der Waals surface area contributed by atoms with Crippen LogP contribution in [-0.2, 0) is 29.0 Å². The molecule has 0 fully saturated rings. The first kappa shape index (κ1) is 30.4. The minimum absolute atomic E-state index is 0.0622. The van der Waals surface area contributed by atoms with Crippen molar-refractivity contribution in [3.05, 3.63) is 76.9 Å². The lowest BCUT2D eigenvalue weighted by atomic mass is 10.0. The van der Waals surface area contributed by atoms with Gasteiger partial charge in [-0.2, -0.15) is 26.3 Å². The molecule has 0 saturated carbocycles. The molecule has 216 valence electrons. The van der Waals surface area contributed by atoms with E-state index in [1.807, 2.05) is 0 Å². The van der Waals surface area contributed by atoms with E-state index in [2.05, 4.69) is 10.0 Å². The summed E-state index contributed by atoms with van der Waals surface area (Å²) in [5.74, 6) is -0.612. The molecule has 0 spiro atoms. The van der Waals surface area contributed by atoms with Crippen molar-refractivity contribution < 1.29 is 53.8 Å². The number of sulfonamides is 1. The summed E-state index contributed by atoms with van der Waals surface area (Å²) in [6.07, 6.45) is -9.45. The number of rotatable bonds is 9. The topological polar surface area (TPSA) is 103 Å². The fraction of sp³-hybridized carbons (Fsp3) is 0.240. The lowest BCUT2D eigenvalue weighted by molar-refractivity contribution is -0.143. The number of methoxy groups -OCH3 is 2. The molecule has 0 radical (unpaired) electrons. The molecule has 0 heterocycles. The number of carbonyl (C=O) groups is 1. The number of hydrogen-bond donors (Lipinski definition) is 2. The third-order valence-electron chi connectivity index (χ3n) is 5.30. The molecule has 3 aromatic carbocycles. The highest BCUT2D eigenvalue weighted by atomic mass is 32.2. The van der Waals surface area contributed by atoms with E-state index in [1.165, 1.54) is 26.4 Å². The third kappa shape index (κ3) is 7.71. The Kier molecular flexibility index (Phi) is 8.77. The number of benzene rings is 3. The molecule has 40 heavy (non-hydrogen) atoms. The summed E-state index contributed by atoms with van der Waals surface area (Å²) in [5, 5.41) is 2.18. The van der Waals surface area contributed by atoms with Gasteiger partial charge in [-0.3, -0.25) is 9.52 Å². The summed E-state index contributed by atoms with van der Waals surface area (Å²) < 4.78 is 122. The first-order valence-corrected chi connectivity index (χ1v) is 13.0. The number of amides is 1. The van der Waals surface area contributed by atoms with Crippen LogP contribution in [0.3, 0.4) is 0 Å². The molecule has 0 aromatic heterocycles. The van der Waals surface area contributed by atoms with Gasteiger partial charge in [0, 0.05) is 17.3 Å². The first-order valence-electron chi connectivity index (χ1n) is 11.1. The summed E-state index contributed by atoms with van der Waals surface area (Å²) in [5.41, 5.74) is -4.12. The molecule has 15 heteroatoms. The number of hydrogen-bond acceptors (Lipinski definition) is 6. The van der Waals surface area contributed by atoms with Gasteiger partial charge in [-0.05, 0) is 48.5 Å². The molecule has 0 aliphatic heterocycles. The van der Waals surface area contributed by atoms with Gasteiger partial charge in [-0.25, -0.2) is 8.42 Å². The van der Waals surface area contributed by atoms with Gasteiger partial charge < -0.3 is 19.5 Å². The Morgan fingerprint density at radius 3 is 2.12 bits per heavy atom. The Morgan fingerprint density at radius 2 is 1.55 bits per heavy atom. The number of alkyl halides is 6. The smallest absolute Gasteiger partial charge is 0.417 e. The second-order valence-electron chi connectivity index (χ2n) is 8.26. The van der Waals surface area contributed by atoms with Crippen LogP contribution in [-0.4, -0.2) is 34.8 Å². The van der Waals surface area contributed by atoms with Crippen LogP contribution < -0.4 is 24.2 Å². The zero-order chi connectivity index (χ0) is 29.9. The van der Waals surface area contributed by atoms with Crippen molar-refractivity contribution in [1.82, 2.24) is 0 Å². The predicted octanol–water partition coefficient (Wildman–Crippen LogP) is 5.94. The summed E-state index contributed by atoms with van der Waals surface area (Å²) >= 11 is 0. The van der Waals surface area contributed by atoms with E-state index < -0.39 is 45.0 Å². The Morgan fingerprint density at radius 1 is 0.850 bits per heavy atom. The van der Waals surface area contributed by atoms with Crippen LogP contribution in [0.4, 0.5) is 37.7 Å². The Hall–Kier alpha value is -4.14. The predicted molar refractivity (Wildman–Crippen MR) is 133 cm³/mol. The van der Waals surface area contributed by atoms with E-state index in [9.17, 15) is 39.6 Å². The molecule has 2 N–H and O–H groups in total. The van der Waals surface area contributed by atoms with Gasteiger partial charge in [0.05, 0.1) is 42.9 Å². The van der Waals surface area contributed by atoms with Crippen molar-refractivity contribution in [2.24, 2.45) is 0 Å². The summed E-state index contributed by atoms with van der Waals surface area (Å²) in [7, 11) is -0.953. The summed E-state index contributed by atoms with van der Waals surface area (Å²) in [6, 6.07) is 8.95. The molecular formula is C25H22F6N2O6S. The van der Waals surface area contributed by atoms with Gasteiger partial charge in [0.2, 0.25) is 10.0 Å². The monoisotopic (exact) mass is 592 g/mol. The van der Waals surface area contributed by atoms with Crippen LogP contribution >= 0.6 is 0 Å². The molecule has 0 atom stereocenters. The van der Waals surface area contributed by atoms with E-state index in [-0.39, 0.29) is 29.8 Å². The van der Waals surface area contributed by atoms with Crippen LogP contribution in [0.5, 0.6) is 17.2 Å². The van der Waals surface area contributed by atoms with Gasteiger partial charge in [0.1, 0.15) is 23.9 Å². The molecule has 3 rings (SSSR count). The zero-order valence-electron chi connectivity index (χ0n) is 21.0. The van der Waals surface area contributed by atoms with Crippen molar-refractivity contribution in [3.63, 3.8) is 0 Å². The standard InChI is InChI=1S/C25H22F6N2O6S/c1-37-17-6-9-21(38-2)14(10-17)13-39-22-12-16(5-8-20(22)33-40(3,35)36)32-23(34)18-7-4-15(24(26,27)28)11-19(18)25(29,30)31/h4-12,33H,13H2,1-3H3,(H,32,34). The second kappa shape index (κ2) is 11.5. The molecule has 0 aliphatic carbocycles. The largest absolute Gasteiger partial charge is 0.497 e. The fourth-order valence-electron chi connectivity index (χ4n) is 3.51. The van der Waals surface area contributed by atoms with Gasteiger partial charge in [0.25, 0.3) is 5.91 Å². The second-order valence-corrected chi connectivity index (χ2v) is 10.0. The SMILES string of the molecule is COc1ccc(OC)c(COc2cc(NC(=O)c3ccc(C(F)(F)F)cc3C(F)(F)F)ccc2NS(C)(=O)=O)c1. The highest BCUT2D eigenvalue weighted by molar-refractivity contribution is 7.92. The van der Waals surface area contributed by atoms with Crippen molar-refractivity contribution in [1.29, 1.82) is 0 Å². The molecule has 0 saturated heterocycles. The number of carbonyl (C=O) groups excluding carboxylic acids is 1. The van der Waals surface area contributed by atoms with Crippen molar-refractivity contribution >= 4 is 27.3 Å². The van der Waals surface area contributed by atoms with E-state index in [1.54, 1.807) is 18.2 Å². The highest BCUT2D eigenvalue weighted by Crippen LogP contribution is 2.38. The number of anilines is 2. The Balaban J connectivity index is 1.96. The molecule has 0 bridgehead atoms. The van der Waals surface area contributed by atoms with Crippen LogP contribution in [0.1, 0.15) is 27.0 Å². The van der Waals surface area contributed by atoms with E-state index in [0.717, 1.165) is 12.3 Å². The average Bonchev–Trinajstić information content (AvgIpc) is 2.86. The van der Waals surface area contributed by atoms with E-state index >= 15 is 0 Å². The minimum atomic E-state index is -5.26. The fourth-order valence-corrected chi connectivity index (χ4v) is 4.07. The normalized spacial score (nSPS) is 12.0. The van der Waals surface area contributed by atoms with E-state index in [0.29, 0.717) is 29.2 Å². The average molecular weight is 593 g/mol. The van der Waals surface area contributed by atoms with Crippen molar-refractivity contribution in [3.8, 4) is 17.2 Å². The number of ether oxygens (including phenoxy) is 3. The van der Waals surface area contributed by atoms with Crippen LogP contribution in [0.15, 0.2) is 54.6 Å². The molecule has 1 amide bonds. The summed E-state index contributed by atoms with van der Waals surface area (Å²) in [4.78, 5) is 12.7. The molecule has 8 nitrogen and oxygen atoms in total. The minimum Gasteiger partial charge on any atom is -0.497 e. The quantitative estimate of drug-likeness (QED) is 0.298. The van der Waals surface area contributed by atoms with Crippen LogP contribution in [0.25, 0.3) is 0 Å². The first-order chi connectivity index (χ1) is 18.5. The zero-order valence-corrected chi connectivity index (χ0v) is 21.8. The van der Waals surface area contributed by atoms with E-state index in [4.69, 9.17) is 14.2 Å². The van der Waals surface area contributed by atoms with Gasteiger partial charge in [-0.1, -0.05) is 0 Å². The van der Waals surface area contributed by atoms with Crippen LogP contribution in [0.2, 0.25) is 0 Å². The molecule has 0 unspecified atom stereocenters. The maximum atomic E-state index is 13.5. The van der Waals surface area contributed by atoms with Crippen LogP contribution in [0, 0.1) is 0 Å². The number of nitrogens with one attached hydrogen (secondary N) is 2.